The van der Waals surface area contributed by atoms with Crippen LogP contribution in [0.5, 0.6) is 0 Å². The number of carbonyl (C=O) groups excluding carboxylic acids is 2. The molecule has 5 nitrogen and oxygen atoms in total. The van der Waals surface area contributed by atoms with Crippen LogP contribution in [0.1, 0.15) is 24.1 Å². The SMILES string of the molecule is Cc1ccc(NC(=O)C[NH+](C)CC(=O)N[C@@H](C)c2ccc(Cl)c(Cl)c2)cc1. The van der Waals surface area contributed by atoms with Crippen LogP contribution < -0.4 is 15.5 Å². The number of benzene rings is 2. The Morgan fingerprint density at radius 1 is 1.00 bits per heavy atom. The lowest BCUT2D eigenvalue weighted by Gasteiger charge is -2.17. The third kappa shape index (κ3) is 6.86. The monoisotopic (exact) mass is 408 g/mol. The quantitative estimate of drug-likeness (QED) is 0.659. The summed E-state index contributed by atoms with van der Waals surface area (Å²) in [4.78, 5) is 25.1. The second-order valence-electron chi connectivity index (χ2n) is 6.69. The second kappa shape index (κ2) is 9.74. The van der Waals surface area contributed by atoms with E-state index in [1.165, 1.54) is 0 Å². The highest BCUT2D eigenvalue weighted by Crippen LogP contribution is 2.25. The summed E-state index contributed by atoms with van der Waals surface area (Å²) < 4.78 is 0. The molecule has 0 aliphatic heterocycles. The van der Waals surface area contributed by atoms with E-state index >= 15 is 0 Å². The summed E-state index contributed by atoms with van der Waals surface area (Å²) in [5.41, 5.74) is 2.74. The van der Waals surface area contributed by atoms with Crippen molar-refractivity contribution in [3.63, 3.8) is 0 Å². The number of halogens is 2. The van der Waals surface area contributed by atoms with Crippen LogP contribution in [-0.4, -0.2) is 32.0 Å². The predicted octanol–water partition coefficient (Wildman–Crippen LogP) is 2.63. The fourth-order valence-electron chi connectivity index (χ4n) is 2.61. The molecular formula is C20H24Cl2N3O2+. The molecule has 0 radical (unpaired) electrons. The minimum Gasteiger partial charge on any atom is -0.345 e. The maximum absolute atomic E-state index is 12.2. The summed E-state index contributed by atoms with van der Waals surface area (Å²) in [5, 5.41) is 6.67. The van der Waals surface area contributed by atoms with Crippen molar-refractivity contribution in [1.82, 2.24) is 5.32 Å². The summed E-state index contributed by atoms with van der Waals surface area (Å²) in [7, 11) is 1.80. The lowest BCUT2D eigenvalue weighted by Crippen LogP contribution is -3.11. The molecule has 2 rings (SSSR count). The topological polar surface area (TPSA) is 62.6 Å². The molecule has 27 heavy (non-hydrogen) atoms. The van der Waals surface area contributed by atoms with E-state index < -0.39 is 0 Å². The van der Waals surface area contributed by atoms with Crippen LogP contribution in [0.4, 0.5) is 5.69 Å². The Bertz CT molecular complexity index is 809. The first-order valence-electron chi connectivity index (χ1n) is 8.66. The number of amides is 2. The number of nitrogens with one attached hydrogen (secondary N) is 3. The molecule has 2 atom stereocenters. The Labute approximate surface area is 169 Å². The minimum absolute atomic E-state index is 0.137. The molecule has 0 heterocycles. The normalized spacial score (nSPS) is 12.9. The van der Waals surface area contributed by atoms with E-state index in [2.05, 4.69) is 10.6 Å². The van der Waals surface area contributed by atoms with E-state index in [0.29, 0.717) is 10.0 Å². The van der Waals surface area contributed by atoms with Gasteiger partial charge in [-0.1, -0.05) is 47.0 Å². The van der Waals surface area contributed by atoms with E-state index in [4.69, 9.17) is 23.2 Å². The van der Waals surface area contributed by atoms with E-state index in [1.54, 1.807) is 19.2 Å². The van der Waals surface area contributed by atoms with Crippen LogP contribution in [0, 0.1) is 6.92 Å². The van der Waals surface area contributed by atoms with Gasteiger partial charge < -0.3 is 15.5 Å². The van der Waals surface area contributed by atoms with Crippen molar-refractivity contribution in [2.45, 2.75) is 19.9 Å². The summed E-state index contributed by atoms with van der Waals surface area (Å²) in [6, 6.07) is 12.6. The number of anilines is 1. The van der Waals surface area contributed by atoms with Crippen molar-refractivity contribution in [1.29, 1.82) is 0 Å². The molecule has 0 saturated heterocycles. The van der Waals surface area contributed by atoms with Gasteiger partial charge in [-0.2, -0.15) is 0 Å². The highest BCUT2D eigenvalue weighted by Gasteiger charge is 2.17. The maximum Gasteiger partial charge on any atom is 0.279 e. The Morgan fingerprint density at radius 2 is 1.63 bits per heavy atom. The predicted molar refractivity (Wildman–Crippen MR) is 109 cm³/mol. The number of rotatable bonds is 7. The van der Waals surface area contributed by atoms with Crippen molar-refractivity contribution in [2.24, 2.45) is 0 Å². The molecule has 144 valence electrons. The van der Waals surface area contributed by atoms with Gasteiger partial charge in [0.15, 0.2) is 13.1 Å². The molecule has 7 heteroatoms. The fourth-order valence-corrected chi connectivity index (χ4v) is 2.92. The zero-order valence-electron chi connectivity index (χ0n) is 15.6. The molecule has 3 N–H and O–H groups in total. The number of carbonyl (C=O) groups is 2. The summed E-state index contributed by atoms with van der Waals surface area (Å²) >= 11 is 11.9. The summed E-state index contributed by atoms with van der Waals surface area (Å²) in [6.45, 7) is 4.24. The van der Waals surface area contributed by atoms with E-state index in [-0.39, 0.29) is 30.9 Å². The van der Waals surface area contributed by atoms with E-state index in [1.807, 2.05) is 44.2 Å². The number of likely N-dealkylation sites (N-methyl/N-ethyl adjacent to an activating group) is 1. The smallest absolute Gasteiger partial charge is 0.279 e. The summed E-state index contributed by atoms with van der Waals surface area (Å²) in [5.74, 6) is -0.282. The number of hydrogen-bond donors (Lipinski definition) is 3. The second-order valence-corrected chi connectivity index (χ2v) is 7.50. The van der Waals surface area contributed by atoms with Gasteiger partial charge in [-0.15, -0.1) is 0 Å². The Balaban J connectivity index is 1.81. The molecule has 2 aromatic rings. The fraction of sp³-hybridized carbons (Fsp3) is 0.300. The average molecular weight is 409 g/mol. The van der Waals surface area contributed by atoms with Gasteiger partial charge in [0, 0.05) is 5.69 Å². The molecule has 0 saturated carbocycles. The van der Waals surface area contributed by atoms with Gasteiger partial charge >= 0.3 is 0 Å². The minimum atomic E-state index is -0.207. The molecule has 0 bridgehead atoms. The lowest BCUT2D eigenvalue weighted by atomic mass is 10.1. The Hall–Kier alpha value is -2.08. The Morgan fingerprint density at radius 3 is 2.26 bits per heavy atom. The molecule has 1 unspecified atom stereocenters. The molecule has 0 aliphatic rings. The molecule has 0 fully saturated rings. The summed E-state index contributed by atoms with van der Waals surface area (Å²) in [6.07, 6.45) is 0. The first kappa shape index (κ1) is 21.2. The van der Waals surface area contributed by atoms with Gasteiger partial charge in [0.25, 0.3) is 11.8 Å². The van der Waals surface area contributed by atoms with Crippen molar-refractivity contribution < 1.29 is 14.5 Å². The van der Waals surface area contributed by atoms with E-state index in [9.17, 15) is 9.59 Å². The first-order valence-corrected chi connectivity index (χ1v) is 9.42. The highest BCUT2D eigenvalue weighted by atomic mass is 35.5. The van der Waals surface area contributed by atoms with Crippen LogP contribution >= 0.6 is 23.2 Å². The Kier molecular flexibility index (Phi) is 7.66. The third-order valence-corrected chi connectivity index (χ3v) is 4.82. The average Bonchev–Trinajstić information content (AvgIpc) is 2.58. The molecule has 2 aromatic carbocycles. The van der Waals surface area contributed by atoms with Gasteiger partial charge in [0.2, 0.25) is 0 Å². The van der Waals surface area contributed by atoms with Crippen molar-refractivity contribution in [2.75, 3.05) is 25.5 Å². The largest absolute Gasteiger partial charge is 0.345 e. The van der Waals surface area contributed by atoms with E-state index in [0.717, 1.165) is 21.7 Å². The van der Waals surface area contributed by atoms with Crippen molar-refractivity contribution in [3.05, 3.63) is 63.6 Å². The van der Waals surface area contributed by atoms with Gasteiger partial charge in [-0.3, -0.25) is 9.59 Å². The lowest BCUT2D eigenvalue weighted by molar-refractivity contribution is -0.862. The maximum atomic E-state index is 12.2. The molecule has 0 spiro atoms. The zero-order chi connectivity index (χ0) is 20.0. The first-order chi connectivity index (χ1) is 12.7. The van der Waals surface area contributed by atoms with Gasteiger partial charge in [-0.25, -0.2) is 0 Å². The van der Waals surface area contributed by atoms with Crippen LogP contribution in [0.25, 0.3) is 0 Å². The zero-order valence-corrected chi connectivity index (χ0v) is 17.1. The molecule has 0 aromatic heterocycles. The van der Waals surface area contributed by atoms with Crippen molar-refractivity contribution in [3.8, 4) is 0 Å². The van der Waals surface area contributed by atoms with Crippen molar-refractivity contribution >= 4 is 40.7 Å². The van der Waals surface area contributed by atoms with Crippen LogP contribution in [-0.2, 0) is 9.59 Å². The number of quaternary nitrogens is 1. The van der Waals surface area contributed by atoms with Gasteiger partial charge in [-0.05, 0) is 43.7 Å². The van der Waals surface area contributed by atoms with Crippen LogP contribution in [0.2, 0.25) is 10.0 Å². The standard InChI is InChI=1S/C20H23Cl2N3O2/c1-13-4-7-16(8-5-13)24-20(27)12-25(3)11-19(26)23-14(2)15-6-9-17(21)18(22)10-15/h4-10,14H,11-12H2,1-3H3,(H,23,26)(H,24,27)/p+1/t14-/m0/s1. The number of aryl methyl sites for hydroxylation is 1. The molecular weight excluding hydrogens is 385 g/mol. The van der Waals surface area contributed by atoms with Crippen LogP contribution in [0.3, 0.4) is 0 Å². The molecule has 0 aliphatic carbocycles. The van der Waals surface area contributed by atoms with Gasteiger partial charge in [0.05, 0.1) is 23.1 Å². The third-order valence-electron chi connectivity index (χ3n) is 4.08. The van der Waals surface area contributed by atoms with Crippen LogP contribution in [0.15, 0.2) is 42.5 Å². The molecule has 2 amide bonds. The number of hydrogen-bond acceptors (Lipinski definition) is 2. The highest BCUT2D eigenvalue weighted by molar-refractivity contribution is 6.42. The van der Waals surface area contributed by atoms with Gasteiger partial charge in [0.1, 0.15) is 0 Å².